The van der Waals surface area contributed by atoms with Crippen LogP contribution in [0.15, 0.2) is 53.6 Å². The molecule has 0 atom stereocenters. The Bertz CT molecular complexity index is 621. The summed E-state index contributed by atoms with van der Waals surface area (Å²) in [6, 6.07) is 13.9. The van der Waals surface area contributed by atoms with Crippen molar-refractivity contribution in [2.75, 3.05) is 0 Å². The highest BCUT2D eigenvalue weighted by Crippen LogP contribution is 2.09. The number of phenols is 1. The third kappa shape index (κ3) is 3.42. The molecule has 96 valence electrons. The number of carbonyl (C=O) groups is 1. The third-order valence-electron chi connectivity index (χ3n) is 2.64. The van der Waals surface area contributed by atoms with Crippen molar-refractivity contribution in [3.8, 4) is 5.75 Å². The fourth-order valence-electron chi connectivity index (χ4n) is 1.66. The van der Waals surface area contributed by atoms with E-state index in [1.807, 2.05) is 19.1 Å². The van der Waals surface area contributed by atoms with Crippen molar-refractivity contribution < 1.29 is 9.90 Å². The SMILES string of the molecule is Cc1ccccc1C(=O)NN=Cc1cccc(O)c1. The van der Waals surface area contributed by atoms with Crippen molar-refractivity contribution >= 4 is 12.1 Å². The molecule has 0 fully saturated rings. The monoisotopic (exact) mass is 254 g/mol. The quantitative estimate of drug-likeness (QED) is 0.653. The average Bonchev–Trinajstić information content (AvgIpc) is 2.39. The Morgan fingerprint density at radius 1 is 1.21 bits per heavy atom. The first kappa shape index (κ1) is 12.8. The van der Waals surface area contributed by atoms with Gasteiger partial charge in [0, 0.05) is 5.56 Å². The molecule has 19 heavy (non-hydrogen) atoms. The molecule has 1 amide bonds. The number of hydrogen-bond donors (Lipinski definition) is 2. The Labute approximate surface area is 111 Å². The number of aryl methyl sites for hydroxylation is 1. The van der Waals surface area contributed by atoms with E-state index < -0.39 is 0 Å². The minimum Gasteiger partial charge on any atom is -0.508 e. The molecule has 0 saturated heterocycles. The minimum atomic E-state index is -0.255. The number of aromatic hydroxyl groups is 1. The van der Waals surface area contributed by atoms with Crippen molar-refractivity contribution in [1.29, 1.82) is 0 Å². The van der Waals surface area contributed by atoms with Crippen LogP contribution in [-0.4, -0.2) is 17.2 Å². The van der Waals surface area contributed by atoms with Gasteiger partial charge < -0.3 is 5.11 Å². The second-order valence-corrected chi connectivity index (χ2v) is 4.11. The molecule has 0 aliphatic heterocycles. The maximum atomic E-state index is 11.8. The molecule has 0 saturated carbocycles. The lowest BCUT2D eigenvalue weighted by molar-refractivity contribution is 0.0954. The van der Waals surface area contributed by atoms with E-state index >= 15 is 0 Å². The number of nitrogens with zero attached hydrogens (tertiary/aromatic N) is 1. The fraction of sp³-hybridized carbons (Fsp3) is 0.0667. The van der Waals surface area contributed by atoms with Gasteiger partial charge in [-0.05, 0) is 36.2 Å². The van der Waals surface area contributed by atoms with E-state index in [0.717, 1.165) is 5.56 Å². The number of rotatable bonds is 3. The molecular weight excluding hydrogens is 240 g/mol. The number of benzene rings is 2. The van der Waals surface area contributed by atoms with Gasteiger partial charge in [0.25, 0.3) is 5.91 Å². The first-order valence-electron chi connectivity index (χ1n) is 5.85. The second-order valence-electron chi connectivity index (χ2n) is 4.11. The summed E-state index contributed by atoms with van der Waals surface area (Å²) in [6.45, 7) is 1.87. The molecule has 0 aliphatic carbocycles. The van der Waals surface area contributed by atoms with Gasteiger partial charge in [-0.2, -0.15) is 5.10 Å². The number of nitrogens with one attached hydrogen (secondary N) is 1. The van der Waals surface area contributed by atoms with Gasteiger partial charge >= 0.3 is 0 Å². The number of phenolic OH excluding ortho intramolecular Hbond substituents is 1. The van der Waals surface area contributed by atoms with E-state index in [0.29, 0.717) is 11.1 Å². The van der Waals surface area contributed by atoms with E-state index in [1.165, 1.54) is 6.21 Å². The topological polar surface area (TPSA) is 61.7 Å². The second kappa shape index (κ2) is 5.82. The Balaban J connectivity index is 2.03. The molecule has 0 unspecified atom stereocenters. The number of hydrogen-bond acceptors (Lipinski definition) is 3. The van der Waals surface area contributed by atoms with E-state index in [9.17, 15) is 9.90 Å². The van der Waals surface area contributed by atoms with Crippen LogP contribution in [0.25, 0.3) is 0 Å². The van der Waals surface area contributed by atoms with Crippen LogP contribution in [-0.2, 0) is 0 Å². The number of hydrazone groups is 1. The maximum Gasteiger partial charge on any atom is 0.271 e. The molecule has 2 rings (SSSR count). The molecule has 0 spiro atoms. The molecule has 0 heterocycles. The normalized spacial score (nSPS) is 10.6. The van der Waals surface area contributed by atoms with E-state index in [2.05, 4.69) is 10.5 Å². The molecule has 0 aromatic heterocycles. The van der Waals surface area contributed by atoms with E-state index in [-0.39, 0.29) is 11.7 Å². The van der Waals surface area contributed by atoms with Crippen molar-refractivity contribution in [2.24, 2.45) is 5.10 Å². The summed E-state index contributed by atoms with van der Waals surface area (Å²) in [6.07, 6.45) is 1.48. The van der Waals surface area contributed by atoms with E-state index in [1.54, 1.807) is 36.4 Å². The lowest BCUT2D eigenvalue weighted by Crippen LogP contribution is -2.18. The summed E-state index contributed by atoms with van der Waals surface area (Å²) in [7, 11) is 0. The predicted molar refractivity (Wildman–Crippen MR) is 74.3 cm³/mol. The van der Waals surface area contributed by atoms with E-state index in [4.69, 9.17) is 0 Å². The highest BCUT2D eigenvalue weighted by molar-refractivity contribution is 5.96. The summed E-state index contributed by atoms with van der Waals surface area (Å²) < 4.78 is 0. The molecule has 2 N–H and O–H groups in total. The Hall–Kier alpha value is -2.62. The first-order valence-corrected chi connectivity index (χ1v) is 5.85. The summed E-state index contributed by atoms with van der Waals surface area (Å²) >= 11 is 0. The zero-order valence-corrected chi connectivity index (χ0v) is 10.5. The van der Waals surface area contributed by atoms with Crippen LogP contribution in [0.3, 0.4) is 0 Å². The molecular formula is C15H14N2O2. The third-order valence-corrected chi connectivity index (χ3v) is 2.64. The van der Waals surface area contributed by atoms with Gasteiger partial charge in [0.15, 0.2) is 0 Å². The van der Waals surface area contributed by atoms with Gasteiger partial charge in [-0.1, -0.05) is 30.3 Å². The standard InChI is InChI=1S/C15H14N2O2/c1-11-5-2-3-8-14(11)15(19)17-16-10-12-6-4-7-13(18)9-12/h2-10,18H,1H3,(H,17,19). The maximum absolute atomic E-state index is 11.8. The zero-order valence-electron chi connectivity index (χ0n) is 10.5. The fourth-order valence-corrected chi connectivity index (χ4v) is 1.66. The minimum absolute atomic E-state index is 0.161. The molecule has 0 radical (unpaired) electrons. The lowest BCUT2D eigenvalue weighted by Gasteiger charge is -2.02. The average molecular weight is 254 g/mol. The molecule has 2 aromatic rings. The molecule has 2 aromatic carbocycles. The summed E-state index contributed by atoms with van der Waals surface area (Å²) in [5, 5.41) is 13.2. The summed E-state index contributed by atoms with van der Waals surface area (Å²) in [5.74, 6) is -0.0938. The first-order chi connectivity index (χ1) is 9.16. The van der Waals surface area contributed by atoms with Crippen LogP contribution in [0, 0.1) is 6.92 Å². The van der Waals surface area contributed by atoms with Crippen LogP contribution in [0.2, 0.25) is 0 Å². The highest BCUT2D eigenvalue weighted by Gasteiger charge is 2.05. The van der Waals surface area contributed by atoms with Gasteiger partial charge in [0.1, 0.15) is 5.75 Å². The van der Waals surface area contributed by atoms with Crippen LogP contribution >= 0.6 is 0 Å². The van der Waals surface area contributed by atoms with Gasteiger partial charge in [0.05, 0.1) is 6.21 Å². The summed E-state index contributed by atoms with van der Waals surface area (Å²) in [5.41, 5.74) is 4.66. The van der Waals surface area contributed by atoms with Gasteiger partial charge in [-0.3, -0.25) is 4.79 Å². The van der Waals surface area contributed by atoms with Gasteiger partial charge in [-0.25, -0.2) is 5.43 Å². The number of amides is 1. The molecule has 4 nitrogen and oxygen atoms in total. The Morgan fingerprint density at radius 2 is 2.00 bits per heavy atom. The molecule has 0 bridgehead atoms. The van der Waals surface area contributed by atoms with Gasteiger partial charge in [-0.15, -0.1) is 0 Å². The highest BCUT2D eigenvalue weighted by atomic mass is 16.3. The van der Waals surface area contributed by atoms with Crippen molar-refractivity contribution in [3.63, 3.8) is 0 Å². The molecule has 4 heteroatoms. The molecule has 0 aliphatic rings. The Kier molecular flexibility index (Phi) is 3.93. The van der Waals surface area contributed by atoms with Crippen molar-refractivity contribution in [3.05, 3.63) is 65.2 Å². The van der Waals surface area contributed by atoms with Crippen LogP contribution < -0.4 is 5.43 Å². The lowest BCUT2D eigenvalue weighted by atomic mass is 10.1. The van der Waals surface area contributed by atoms with Gasteiger partial charge in [0.2, 0.25) is 0 Å². The van der Waals surface area contributed by atoms with Crippen LogP contribution in [0.5, 0.6) is 5.75 Å². The largest absolute Gasteiger partial charge is 0.508 e. The number of carbonyl (C=O) groups excluding carboxylic acids is 1. The zero-order chi connectivity index (χ0) is 13.7. The predicted octanol–water partition coefficient (Wildman–Crippen LogP) is 2.46. The van der Waals surface area contributed by atoms with Crippen LogP contribution in [0.1, 0.15) is 21.5 Å². The smallest absolute Gasteiger partial charge is 0.271 e. The van der Waals surface area contributed by atoms with Crippen LogP contribution in [0.4, 0.5) is 0 Å². The van der Waals surface area contributed by atoms with Crippen molar-refractivity contribution in [2.45, 2.75) is 6.92 Å². The summed E-state index contributed by atoms with van der Waals surface area (Å²) in [4.78, 5) is 11.8. The Morgan fingerprint density at radius 3 is 2.74 bits per heavy atom. The van der Waals surface area contributed by atoms with Crippen molar-refractivity contribution in [1.82, 2.24) is 5.43 Å².